The van der Waals surface area contributed by atoms with E-state index in [1.807, 2.05) is 26.2 Å². The molecule has 6 nitrogen and oxygen atoms in total. The van der Waals surface area contributed by atoms with Crippen LogP contribution in [0, 0.1) is 0 Å². The van der Waals surface area contributed by atoms with E-state index in [4.69, 9.17) is 9.47 Å². The number of anilines is 2. The first-order chi connectivity index (χ1) is 12.3. The summed E-state index contributed by atoms with van der Waals surface area (Å²) in [6.07, 6.45) is 8.44. The lowest BCUT2D eigenvalue weighted by Gasteiger charge is -2.25. The summed E-state index contributed by atoms with van der Waals surface area (Å²) >= 11 is 0. The Balaban J connectivity index is 1.68. The third-order valence-corrected chi connectivity index (χ3v) is 4.25. The molecule has 0 aromatic carbocycles. The van der Waals surface area contributed by atoms with Gasteiger partial charge in [0.25, 0.3) is 0 Å². The van der Waals surface area contributed by atoms with E-state index in [1.165, 1.54) is 0 Å². The molecule has 1 saturated heterocycles. The summed E-state index contributed by atoms with van der Waals surface area (Å²) in [5, 5.41) is 0. The maximum absolute atomic E-state index is 5.57. The molecule has 0 unspecified atom stereocenters. The van der Waals surface area contributed by atoms with Crippen molar-refractivity contribution in [3.63, 3.8) is 0 Å². The summed E-state index contributed by atoms with van der Waals surface area (Å²) in [4.78, 5) is 13.4. The van der Waals surface area contributed by atoms with Gasteiger partial charge in [-0.15, -0.1) is 0 Å². The molecule has 0 amide bonds. The van der Waals surface area contributed by atoms with Gasteiger partial charge in [-0.3, -0.25) is 9.97 Å². The van der Waals surface area contributed by atoms with Crippen molar-refractivity contribution in [3.8, 4) is 11.5 Å². The summed E-state index contributed by atoms with van der Waals surface area (Å²) in [6.45, 7) is 9.18. The monoisotopic (exact) mass is 342 g/mol. The highest BCUT2D eigenvalue weighted by Gasteiger charge is 2.17. The second-order valence-electron chi connectivity index (χ2n) is 5.95. The second kappa shape index (κ2) is 8.55. The van der Waals surface area contributed by atoms with Crippen LogP contribution in [0.2, 0.25) is 0 Å². The van der Waals surface area contributed by atoms with Crippen LogP contribution in [0.3, 0.4) is 0 Å². The fraction of sp³-hybridized carbons (Fsp3) is 0.474. The Labute approximate surface area is 149 Å². The second-order valence-corrected chi connectivity index (χ2v) is 5.95. The van der Waals surface area contributed by atoms with Gasteiger partial charge in [-0.05, 0) is 20.3 Å². The highest BCUT2D eigenvalue weighted by atomic mass is 16.5. The first kappa shape index (κ1) is 17.3. The van der Waals surface area contributed by atoms with E-state index < -0.39 is 0 Å². The summed E-state index contributed by atoms with van der Waals surface area (Å²) in [7, 11) is 0. The Kier molecular flexibility index (Phi) is 5.93. The van der Waals surface area contributed by atoms with Crippen molar-refractivity contribution in [2.24, 2.45) is 0 Å². The number of hydrogen-bond acceptors (Lipinski definition) is 6. The van der Waals surface area contributed by atoms with E-state index in [1.54, 1.807) is 12.4 Å². The molecule has 0 atom stereocenters. The minimum atomic E-state index is 0.655. The van der Waals surface area contributed by atoms with E-state index >= 15 is 0 Å². The van der Waals surface area contributed by atoms with Gasteiger partial charge in [-0.2, -0.15) is 0 Å². The van der Waals surface area contributed by atoms with Crippen molar-refractivity contribution in [1.82, 2.24) is 9.97 Å². The normalized spacial score (nSPS) is 15.0. The van der Waals surface area contributed by atoms with Crippen molar-refractivity contribution in [2.75, 3.05) is 49.2 Å². The molecule has 6 heteroatoms. The predicted octanol–water partition coefficient (Wildman–Crippen LogP) is 2.99. The topological polar surface area (TPSA) is 50.7 Å². The lowest BCUT2D eigenvalue weighted by atomic mass is 10.3. The number of pyridine rings is 2. The Bertz CT molecular complexity index is 622. The molecule has 3 heterocycles. The van der Waals surface area contributed by atoms with Crippen LogP contribution in [0.5, 0.6) is 11.5 Å². The Morgan fingerprint density at radius 1 is 0.760 bits per heavy atom. The molecule has 0 spiro atoms. The summed E-state index contributed by atoms with van der Waals surface area (Å²) in [5.74, 6) is 1.66. The number of nitrogens with zero attached hydrogens (tertiary/aromatic N) is 4. The molecule has 25 heavy (non-hydrogen) atoms. The van der Waals surface area contributed by atoms with Gasteiger partial charge in [0.05, 0.1) is 49.4 Å². The maximum Gasteiger partial charge on any atom is 0.139 e. The number of ether oxygens (including phenoxy) is 2. The van der Waals surface area contributed by atoms with Crippen LogP contribution < -0.4 is 19.3 Å². The Morgan fingerprint density at radius 2 is 1.24 bits per heavy atom. The summed E-state index contributed by atoms with van der Waals surface area (Å²) in [5.41, 5.74) is 2.24. The van der Waals surface area contributed by atoms with E-state index in [2.05, 4.69) is 31.9 Å². The zero-order chi connectivity index (χ0) is 17.5. The molecule has 1 fully saturated rings. The standard InChI is InChI=1S/C19H26N4O2/c1-3-24-18-10-16(12-20-14-18)22-6-5-7-23(9-8-22)17-11-19(25-4-2)15-21-13-17/h10-15H,3-9H2,1-2H3. The van der Waals surface area contributed by atoms with Gasteiger partial charge in [-0.25, -0.2) is 0 Å². The first-order valence-corrected chi connectivity index (χ1v) is 8.95. The van der Waals surface area contributed by atoms with Crippen molar-refractivity contribution in [1.29, 1.82) is 0 Å². The van der Waals surface area contributed by atoms with Crippen LogP contribution >= 0.6 is 0 Å². The van der Waals surface area contributed by atoms with Gasteiger partial charge < -0.3 is 19.3 Å². The maximum atomic E-state index is 5.57. The minimum absolute atomic E-state index is 0.655. The van der Waals surface area contributed by atoms with E-state index in [9.17, 15) is 0 Å². The average Bonchev–Trinajstić information content (AvgIpc) is 2.89. The van der Waals surface area contributed by atoms with Crippen molar-refractivity contribution >= 4 is 11.4 Å². The summed E-state index contributed by atoms with van der Waals surface area (Å²) in [6, 6.07) is 4.15. The van der Waals surface area contributed by atoms with Gasteiger partial charge in [0.15, 0.2) is 0 Å². The minimum Gasteiger partial charge on any atom is -0.492 e. The lowest BCUT2D eigenvalue weighted by Crippen LogP contribution is -2.30. The molecular weight excluding hydrogens is 316 g/mol. The van der Waals surface area contributed by atoms with Crippen molar-refractivity contribution in [3.05, 3.63) is 36.9 Å². The van der Waals surface area contributed by atoms with Gasteiger partial charge >= 0.3 is 0 Å². The fourth-order valence-electron chi connectivity index (χ4n) is 3.09. The molecule has 0 saturated carbocycles. The largest absolute Gasteiger partial charge is 0.492 e. The molecule has 0 radical (unpaired) electrons. The highest BCUT2D eigenvalue weighted by molar-refractivity contribution is 5.51. The number of aromatic nitrogens is 2. The van der Waals surface area contributed by atoms with Gasteiger partial charge in [0, 0.05) is 38.3 Å². The molecule has 0 bridgehead atoms. The average molecular weight is 342 g/mol. The Morgan fingerprint density at radius 3 is 1.68 bits per heavy atom. The van der Waals surface area contributed by atoms with Gasteiger partial charge in [0.1, 0.15) is 11.5 Å². The highest BCUT2D eigenvalue weighted by Crippen LogP contribution is 2.24. The van der Waals surface area contributed by atoms with Crippen LogP contribution in [0.4, 0.5) is 11.4 Å². The van der Waals surface area contributed by atoms with Crippen LogP contribution in [0.1, 0.15) is 20.3 Å². The van der Waals surface area contributed by atoms with Crippen LogP contribution in [-0.2, 0) is 0 Å². The van der Waals surface area contributed by atoms with Gasteiger partial charge in [-0.1, -0.05) is 0 Å². The molecule has 2 aromatic heterocycles. The third kappa shape index (κ3) is 4.53. The molecule has 0 aliphatic carbocycles. The first-order valence-electron chi connectivity index (χ1n) is 8.95. The smallest absolute Gasteiger partial charge is 0.139 e. The molecule has 1 aliphatic rings. The number of rotatable bonds is 6. The zero-order valence-electron chi connectivity index (χ0n) is 15.0. The van der Waals surface area contributed by atoms with Crippen molar-refractivity contribution < 1.29 is 9.47 Å². The zero-order valence-corrected chi connectivity index (χ0v) is 15.0. The predicted molar refractivity (Wildman–Crippen MR) is 99.9 cm³/mol. The van der Waals surface area contributed by atoms with Crippen molar-refractivity contribution in [2.45, 2.75) is 20.3 Å². The van der Waals surface area contributed by atoms with E-state index in [0.29, 0.717) is 13.2 Å². The van der Waals surface area contributed by atoms with Crippen LogP contribution in [-0.4, -0.2) is 49.4 Å². The van der Waals surface area contributed by atoms with Crippen LogP contribution in [0.25, 0.3) is 0 Å². The fourth-order valence-corrected chi connectivity index (χ4v) is 3.09. The molecule has 0 N–H and O–H groups in total. The molecular formula is C19H26N4O2. The van der Waals surface area contributed by atoms with E-state index in [-0.39, 0.29) is 0 Å². The molecule has 1 aliphatic heterocycles. The lowest BCUT2D eigenvalue weighted by molar-refractivity contribution is 0.338. The molecule has 3 rings (SSSR count). The van der Waals surface area contributed by atoms with Crippen LogP contribution in [0.15, 0.2) is 36.9 Å². The molecule has 134 valence electrons. The van der Waals surface area contributed by atoms with Gasteiger partial charge in [0.2, 0.25) is 0 Å². The SMILES string of the molecule is CCOc1cncc(N2CCCN(c3cncc(OCC)c3)CC2)c1. The van der Waals surface area contributed by atoms with E-state index in [0.717, 1.165) is 55.5 Å². The third-order valence-electron chi connectivity index (χ3n) is 4.25. The quantitative estimate of drug-likeness (QED) is 0.804. The summed E-state index contributed by atoms with van der Waals surface area (Å²) < 4.78 is 11.1. The Hall–Kier alpha value is -2.50. The molecule has 2 aromatic rings. The number of hydrogen-bond donors (Lipinski definition) is 0.